The highest BCUT2D eigenvalue weighted by Crippen LogP contribution is 2.21. The van der Waals surface area contributed by atoms with Crippen molar-refractivity contribution in [1.29, 1.82) is 0 Å². The highest BCUT2D eigenvalue weighted by molar-refractivity contribution is 7.00. The third-order valence-corrected chi connectivity index (χ3v) is 2.25. The third kappa shape index (κ3) is 1.27. The molecule has 2 aromatic rings. The number of rotatable bonds is 1. The maximum atomic E-state index is 13.0. The largest absolute Gasteiger partial charge is 0.262 e. The lowest BCUT2D eigenvalue weighted by Crippen LogP contribution is -1.99. The first-order valence-electron chi connectivity index (χ1n) is 3.84. The summed E-state index contributed by atoms with van der Waals surface area (Å²) in [6.07, 6.45) is 0. The summed E-state index contributed by atoms with van der Waals surface area (Å²) in [6.45, 7) is 3.92. The van der Waals surface area contributed by atoms with Gasteiger partial charge in [0.15, 0.2) is 5.52 Å². The van der Waals surface area contributed by atoms with Crippen LogP contribution in [0.25, 0.3) is 11.0 Å². The second kappa shape index (κ2) is 2.95. The molecule has 0 atom stereocenters. The molecule has 0 aliphatic carbocycles. The van der Waals surface area contributed by atoms with Crippen LogP contribution in [0.5, 0.6) is 0 Å². The summed E-state index contributed by atoms with van der Waals surface area (Å²) in [5, 5.41) is 7.15. The Morgan fingerprint density at radius 3 is 2.54 bits per heavy atom. The van der Waals surface area contributed by atoms with E-state index < -0.39 is 5.95 Å². The standard InChI is InChI=1S/C7H7FN4S/c1-3(2)4-5-6(12-13-11-5)7(8)10-9-4/h3H,1-2H3. The number of nitrogens with zero attached hydrogens (tertiary/aromatic N) is 4. The predicted molar refractivity (Wildman–Crippen MR) is 47.1 cm³/mol. The van der Waals surface area contributed by atoms with Gasteiger partial charge in [0.1, 0.15) is 5.52 Å². The van der Waals surface area contributed by atoms with Gasteiger partial charge in [-0.15, -0.1) is 10.2 Å². The average molecular weight is 198 g/mol. The van der Waals surface area contributed by atoms with E-state index in [0.717, 1.165) is 11.7 Å². The van der Waals surface area contributed by atoms with Crippen molar-refractivity contribution in [3.8, 4) is 0 Å². The second-order valence-corrected chi connectivity index (χ2v) is 3.52. The summed E-state index contributed by atoms with van der Waals surface area (Å²) >= 11 is 0.979. The lowest BCUT2D eigenvalue weighted by molar-refractivity contribution is 0.568. The molecule has 0 unspecified atom stereocenters. The van der Waals surface area contributed by atoms with Crippen LogP contribution in [0.2, 0.25) is 0 Å². The number of fused-ring (bicyclic) bond motifs is 1. The molecule has 0 radical (unpaired) electrons. The molecule has 6 heteroatoms. The van der Waals surface area contributed by atoms with Gasteiger partial charge in [0.2, 0.25) is 0 Å². The van der Waals surface area contributed by atoms with E-state index in [4.69, 9.17) is 0 Å². The maximum Gasteiger partial charge on any atom is 0.262 e. The van der Waals surface area contributed by atoms with Crippen LogP contribution in [0.15, 0.2) is 0 Å². The Labute approximate surface area is 78.1 Å². The Kier molecular flexibility index (Phi) is 1.91. The van der Waals surface area contributed by atoms with Crippen LogP contribution >= 0.6 is 11.7 Å². The van der Waals surface area contributed by atoms with Crippen LogP contribution in [0, 0.1) is 5.95 Å². The summed E-state index contributed by atoms with van der Waals surface area (Å²) in [4.78, 5) is 0. The van der Waals surface area contributed by atoms with E-state index >= 15 is 0 Å². The summed E-state index contributed by atoms with van der Waals surface area (Å²) in [5.74, 6) is -0.465. The topological polar surface area (TPSA) is 51.6 Å². The molecule has 0 spiro atoms. The highest BCUT2D eigenvalue weighted by atomic mass is 32.1. The summed E-state index contributed by atoms with van der Waals surface area (Å²) in [5.41, 5.74) is 1.46. The van der Waals surface area contributed by atoms with Gasteiger partial charge in [0.25, 0.3) is 5.95 Å². The van der Waals surface area contributed by atoms with Crippen molar-refractivity contribution in [3.63, 3.8) is 0 Å². The van der Waals surface area contributed by atoms with Gasteiger partial charge < -0.3 is 0 Å². The van der Waals surface area contributed by atoms with Crippen molar-refractivity contribution in [3.05, 3.63) is 11.6 Å². The monoisotopic (exact) mass is 198 g/mol. The van der Waals surface area contributed by atoms with Crippen molar-refractivity contribution in [1.82, 2.24) is 18.9 Å². The molecule has 0 saturated heterocycles. The third-order valence-electron chi connectivity index (χ3n) is 1.72. The number of hydrogen-bond donors (Lipinski definition) is 0. The van der Waals surface area contributed by atoms with Gasteiger partial charge in [-0.3, -0.25) is 0 Å². The number of hydrogen-bond acceptors (Lipinski definition) is 5. The quantitative estimate of drug-likeness (QED) is 0.700. The molecule has 2 heterocycles. The van der Waals surface area contributed by atoms with Gasteiger partial charge in [-0.1, -0.05) is 13.8 Å². The number of halogens is 1. The molecule has 0 amide bonds. The molecule has 0 aliphatic heterocycles. The van der Waals surface area contributed by atoms with Crippen LogP contribution in [-0.4, -0.2) is 18.9 Å². The van der Waals surface area contributed by atoms with Gasteiger partial charge >= 0.3 is 0 Å². The maximum absolute atomic E-state index is 13.0. The molecule has 0 aliphatic rings. The van der Waals surface area contributed by atoms with Gasteiger partial charge in [-0.25, -0.2) is 0 Å². The van der Waals surface area contributed by atoms with Crippen molar-refractivity contribution >= 4 is 22.8 Å². The minimum Gasteiger partial charge on any atom is -0.180 e. The van der Waals surface area contributed by atoms with E-state index in [-0.39, 0.29) is 11.4 Å². The van der Waals surface area contributed by atoms with E-state index in [1.165, 1.54) is 0 Å². The lowest BCUT2D eigenvalue weighted by Gasteiger charge is -2.01. The molecule has 68 valence electrons. The zero-order valence-electron chi connectivity index (χ0n) is 7.15. The zero-order chi connectivity index (χ0) is 9.42. The Bertz CT molecular complexity index is 439. The normalized spacial score (nSPS) is 11.4. The van der Waals surface area contributed by atoms with Gasteiger partial charge in [0, 0.05) is 0 Å². The van der Waals surface area contributed by atoms with Gasteiger partial charge in [-0.05, 0) is 5.92 Å². The Morgan fingerprint density at radius 1 is 1.15 bits per heavy atom. The number of aromatic nitrogens is 4. The summed E-state index contributed by atoms with van der Waals surface area (Å²) in [7, 11) is 0. The fourth-order valence-corrected chi connectivity index (χ4v) is 1.62. The minimum absolute atomic E-state index is 0.180. The van der Waals surface area contributed by atoms with Crippen LogP contribution in [0.3, 0.4) is 0 Å². The van der Waals surface area contributed by atoms with E-state index in [2.05, 4.69) is 18.9 Å². The average Bonchev–Trinajstić information content (AvgIpc) is 2.53. The molecule has 0 fully saturated rings. The lowest BCUT2D eigenvalue weighted by atomic mass is 10.1. The Balaban J connectivity index is 2.78. The molecule has 0 saturated carbocycles. The zero-order valence-corrected chi connectivity index (χ0v) is 7.97. The first-order chi connectivity index (χ1) is 6.20. The van der Waals surface area contributed by atoms with Crippen molar-refractivity contribution < 1.29 is 4.39 Å². The molecule has 2 aromatic heterocycles. The van der Waals surface area contributed by atoms with E-state index in [0.29, 0.717) is 11.2 Å². The molecule has 13 heavy (non-hydrogen) atoms. The fourth-order valence-electron chi connectivity index (χ4n) is 1.07. The van der Waals surface area contributed by atoms with Crippen LogP contribution in [0.4, 0.5) is 4.39 Å². The molecular weight excluding hydrogens is 191 g/mol. The minimum atomic E-state index is -0.645. The molecule has 0 aromatic carbocycles. The van der Waals surface area contributed by atoms with Crippen molar-refractivity contribution in [2.45, 2.75) is 19.8 Å². The highest BCUT2D eigenvalue weighted by Gasteiger charge is 2.14. The molecule has 0 N–H and O–H groups in total. The first-order valence-corrected chi connectivity index (χ1v) is 4.57. The second-order valence-electron chi connectivity index (χ2n) is 2.99. The van der Waals surface area contributed by atoms with Crippen LogP contribution < -0.4 is 0 Å². The van der Waals surface area contributed by atoms with E-state index in [1.807, 2.05) is 13.8 Å². The molecule has 4 nitrogen and oxygen atoms in total. The van der Waals surface area contributed by atoms with Crippen molar-refractivity contribution in [2.75, 3.05) is 0 Å². The predicted octanol–water partition coefficient (Wildman–Crippen LogP) is 1.74. The van der Waals surface area contributed by atoms with Gasteiger partial charge in [-0.2, -0.15) is 13.1 Å². The molecular formula is C7H7FN4S. The van der Waals surface area contributed by atoms with Crippen LogP contribution in [0.1, 0.15) is 25.5 Å². The van der Waals surface area contributed by atoms with E-state index in [9.17, 15) is 4.39 Å². The van der Waals surface area contributed by atoms with Gasteiger partial charge in [0.05, 0.1) is 17.4 Å². The fraction of sp³-hybridized carbons (Fsp3) is 0.429. The summed E-state index contributed by atoms with van der Waals surface area (Å²) < 4.78 is 20.8. The van der Waals surface area contributed by atoms with Crippen LogP contribution in [-0.2, 0) is 0 Å². The summed E-state index contributed by atoms with van der Waals surface area (Å²) in [6, 6.07) is 0. The van der Waals surface area contributed by atoms with E-state index in [1.54, 1.807) is 0 Å². The molecule has 0 bridgehead atoms. The molecule has 2 rings (SSSR count). The smallest absolute Gasteiger partial charge is 0.180 e. The first kappa shape index (κ1) is 8.43. The Hall–Kier alpha value is -1.17. The SMILES string of the molecule is CC(C)c1nnc(F)c2nsnc12. The van der Waals surface area contributed by atoms with Crippen molar-refractivity contribution in [2.24, 2.45) is 0 Å². The Morgan fingerprint density at radius 2 is 1.85 bits per heavy atom.